The number of ether oxygens (including phenoxy) is 1. The quantitative estimate of drug-likeness (QED) is 0.581. The standard InChI is InChI=1S/C20H22N2O5/c23-10-9-21-19(25)18(11-24)22-20(26)27-12-17-15-7-3-1-5-13(15)14-6-2-4-8-16(14)17/h1-8,17-18,23-24H,9-12H2,(H,21,25)(H,22,26)/t18-/m0/s1. The smallest absolute Gasteiger partial charge is 0.407 e. The van der Waals surface area contributed by atoms with Crippen LogP contribution in [0.15, 0.2) is 48.5 Å². The molecule has 0 saturated carbocycles. The number of hydrogen-bond acceptors (Lipinski definition) is 5. The van der Waals surface area contributed by atoms with Crippen molar-refractivity contribution < 1.29 is 24.5 Å². The average Bonchev–Trinajstić information content (AvgIpc) is 3.02. The molecule has 1 atom stereocenters. The van der Waals surface area contributed by atoms with E-state index in [1.807, 2.05) is 48.5 Å². The van der Waals surface area contributed by atoms with Gasteiger partial charge in [0.2, 0.25) is 5.91 Å². The van der Waals surface area contributed by atoms with Crippen LogP contribution in [0.5, 0.6) is 0 Å². The molecular formula is C20H22N2O5. The van der Waals surface area contributed by atoms with Crippen LogP contribution in [0.2, 0.25) is 0 Å². The number of hydrogen-bond donors (Lipinski definition) is 4. The molecule has 2 aromatic carbocycles. The number of alkyl carbamates (subject to hydrolysis) is 1. The van der Waals surface area contributed by atoms with E-state index in [2.05, 4.69) is 10.6 Å². The first-order valence-electron chi connectivity index (χ1n) is 8.76. The van der Waals surface area contributed by atoms with Crippen LogP contribution in [0.4, 0.5) is 4.79 Å². The zero-order valence-electron chi connectivity index (χ0n) is 14.7. The Morgan fingerprint density at radius 1 is 1.00 bits per heavy atom. The molecule has 0 unspecified atom stereocenters. The van der Waals surface area contributed by atoms with Crippen molar-refractivity contribution in [3.05, 3.63) is 59.7 Å². The number of nitrogens with one attached hydrogen (secondary N) is 2. The molecule has 3 rings (SSSR count). The van der Waals surface area contributed by atoms with Gasteiger partial charge in [-0.25, -0.2) is 4.79 Å². The number of fused-ring (bicyclic) bond motifs is 3. The van der Waals surface area contributed by atoms with Gasteiger partial charge in [0.25, 0.3) is 0 Å². The van der Waals surface area contributed by atoms with Crippen LogP contribution < -0.4 is 10.6 Å². The van der Waals surface area contributed by atoms with Crippen molar-refractivity contribution >= 4 is 12.0 Å². The lowest BCUT2D eigenvalue weighted by molar-refractivity contribution is -0.124. The summed E-state index contributed by atoms with van der Waals surface area (Å²) < 4.78 is 5.34. The summed E-state index contributed by atoms with van der Waals surface area (Å²) in [5.41, 5.74) is 4.43. The summed E-state index contributed by atoms with van der Waals surface area (Å²) in [4.78, 5) is 23.9. The van der Waals surface area contributed by atoms with Crippen LogP contribution >= 0.6 is 0 Å². The monoisotopic (exact) mass is 370 g/mol. The molecule has 0 bridgehead atoms. The number of aliphatic hydroxyl groups excluding tert-OH is 2. The highest BCUT2D eigenvalue weighted by molar-refractivity contribution is 5.85. The van der Waals surface area contributed by atoms with Gasteiger partial charge in [0, 0.05) is 12.5 Å². The SMILES string of the molecule is O=C(N[C@@H](CO)C(=O)NCCO)OCC1c2ccccc2-c2ccccc21. The zero-order valence-corrected chi connectivity index (χ0v) is 14.7. The summed E-state index contributed by atoms with van der Waals surface area (Å²) in [7, 11) is 0. The summed E-state index contributed by atoms with van der Waals surface area (Å²) in [5.74, 6) is -0.668. The Morgan fingerprint density at radius 2 is 1.59 bits per heavy atom. The zero-order chi connectivity index (χ0) is 19.2. The van der Waals surface area contributed by atoms with Gasteiger partial charge in [-0.15, -0.1) is 0 Å². The number of carbonyl (C=O) groups is 2. The highest BCUT2D eigenvalue weighted by atomic mass is 16.5. The summed E-state index contributed by atoms with van der Waals surface area (Å²) >= 11 is 0. The molecule has 0 saturated heterocycles. The van der Waals surface area contributed by atoms with Crippen molar-refractivity contribution in [2.75, 3.05) is 26.4 Å². The number of aliphatic hydroxyl groups is 2. The minimum absolute atomic E-state index is 0.0434. The van der Waals surface area contributed by atoms with Gasteiger partial charge < -0.3 is 25.6 Å². The first-order chi connectivity index (χ1) is 13.2. The van der Waals surface area contributed by atoms with E-state index < -0.39 is 24.6 Å². The summed E-state index contributed by atoms with van der Waals surface area (Å²) in [6, 6.07) is 14.8. The Bertz CT molecular complexity index is 778. The summed E-state index contributed by atoms with van der Waals surface area (Å²) in [6.45, 7) is -0.631. The molecule has 1 aliphatic rings. The Hall–Kier alpha value is -2.90. The van der Waals surface area contributed by atoms with Crippen molar-refractivity contribution in [3.63, 3.8) is 0 Å². The van der Waals surface area contributed by atoms with Crippen LogP contribution in [0, 0.1) is 0 Å². The third kappa shape index (κ3) is 4.10. The Kier molecular flexibility index (Phi) is 6.05. The normalized spacial score (nSPS) is 13.4. The molecule has 0 spiro atoms. The lowest BCUT2D eigenvalue weighted by atomic mass is 9.98. The Morgan fingerprint density at radius 3 is 2.15 bits per heavy atom. The predicted molar refractivity (Wildman–Crippen MR) is 99.2 cm³/mol. The van der Waals surface area contributed by atoms with E-state index in [1.165, 1.54) is 0 Å². The fraction of sp³-hybridized carbons (Fsp3) is 0.300. The maximum atomic E-state index is 12.1. The van der Waals surface area contributed by atoms with Crippen molar-refractivity contribution in [1.82, 2.24) is 10.6 Å². The van der Waals surface area contributed by atoms with Gasteiger partial charge in [0.15, 0.2) is 0 Å². The van der Waals surface area contributed by atoms with Crippen LogP contribution in [0.25, 0.3) is 11.1 Å². The largest absolute Gasteiger partial charge is 0.449 e. The Balaban J connectivity index is 1.64. The second kappa shape index (κ2) is 8.66. The average molecular weight is 370 g/mol. The van der Waals surface area contributed by atoms with Crippen molar-refractivity contribution in [2.45, 2.75) is 12.0 Å². The molecule has 0 aliphatic heterocycles. The van der Waals surface area contributed by atoms with E-state index in [1.54, 1.807) is 0 Å². The first kappa shape index (κ1) is 18.9. The topological polar surface area (TPSA) is 108 Å². The molecule has 7 nitrogen and oxygen atoms in total. The second-order valence-corrected chi connectivity index (χ2v) is 6.22. The fourth-order valence-corrected chi connectivity index (χ4v) is 3.28. The molecule has 27 heavy (non-hydrogen) atoms. The summed E-state index contributed by atoms with van der Waals surface area (Å²) in [6.07, 6.45) is -0.782. The van der Waals surface area contributed by atoms with Gasteiger partial charge in [-0.3, -0.25) is 4.79 Å². The lowest BCUT2D eigenvalue weighted by Crippen LogP contribution is -2.49. The van der Waals surface area contributed by atoms with E-state index in [0.717, 1.165) is 22.3 Å². The van der Waals surface area contributed by atoms with Gasteiger partial charge in [-0.05, 0) is 22.3 Å². The van der Waals surface area contributed by atoms with E-state index in [-0.39, 0.29) is 25.7 Å². The molecule has 2 aromatic rings. The molecule has 2 amide bonds. The molecular weight excluding hydrogens is 348 g/mol. The van der Waals surface area contributed by atoms with Crippen LogP contribution in [0.1, 0.15) is 17.0 Å². The maximum Gasteiger partial charge on any atom is 0.407 e. The molecule has 0 heterocycles. The molecule has 0 fully saturated rings. The first-order valence-corrected chi connectivity index (χ1v) is 8.76. The molecule has 7 heteroatoms. The van der Waals surface area contributed by atoms with E-state index in [4.69, 9.17) is 9.84 Å². The number of carbonyl (C=O) groups excluding carboxylic acids is 2. The highest BCUT2D eigenvalue weighted by Gasteiger charge is 2.29. The second-order valence-electron chi connectivity index (χ2n) is 6.22. The van der Waals surface area contributed by atoms with Crippen molar-refractivity contribution in [2.24, 2.45) is 0 Å². The van der Waals surface area contributed by atoms with Gasteiger partial charge >= 0.3 is 6.09 Å². The predicted octanol–water partition coefficient (Wildman–Crippen LogP) is 0.995. The van der Waals surface area contributed by atoms with Gasteiger partial charge in [-0.2, -0.15) is 0 Å². The maximum absolute atomic E-state index is 12.1. The number of rotatable bonds is 7. The van der Waals surface area contributed by atoms with E-state index >= 15 is 0 Å². The van der Waals surface area contributed by atoms with Crippen molar-refractivity contribution in [1.29, 1.82) is 0 Å². The highest BCUT2D eigenvalue weighted by Crippen LogP contribution is 2.44. The van der Waals surface area contributed by atoms with Crippen LogP contribution in [-0.4, -0.2) is 54.6 Å². The van der Waals surface area contributed by atoms with E-state index in [0.29, 0.717) is 0 Å². The van der Waals surface area contributed by atoms with E-state index in [9.17, 15) is 14.7 Å². The van der Waals surface area contributed by atoms with Crippen molar-refractivity contribution in [3.8, 4) is 11.1 Å². The third-order valence-electron chi connectivity index (χ3n) is 4.55. The number of benzene rings is 2. The number of amides is 2. The van der Waals surface area contributed by atoms with Crippen LogP contribution in [0.3, 0.4) is 0 Å². The van der Waals surface area contributed by atoms with Crippen LogP contribution in [-0.2, 0) is 9.53 Å². The molecule has 1 aliphatic carbocycles. The lowest BCUT2D eigenvalue weighted by Gasteiger charge is -2.18. The molecule has 4 N–H and O–H groups in total. The molecule has 0 aromatic heterocycles. The minimum Gasteiger partial charge on any atom is -0.449 e. The van der Waals surface area contributed by atoms with Gasteiger partial charge in [-0.1, -0.05) is 48.5 Å². The minimum atomic E-state index is -1.13. The Labute approximate surface area is 157 Å². The molecule has 142 valence electrons. The van der Waals surface area contributed by atoms with Gasteiger partial charge in [0.1, 0.15) is 12.6 Å². The third-order valence-corrected chi connectivity index (χ3v) is 4.55. The summed E-state index contributed by atoms with van der Waals surface area (Å²) in [5, 5.41) is 22.8. The molecule has 0 radical (unpaired) electrons. The van der Waals surface area contributed by atoms with Gasteiger partial charge in [0.05, 0.1) is 13.2 Å². The fourth-order valence-electron chi connectivity index (χ4n) is 3.28.